The molecule has 0 saturated carbocycles. The number of aliphatic hydroxyl groups is 1. The Bertz CT molecular complexity index is 76.9. The van der Waals surface area contributed by atoms with Crippen LogP contribution in [-0.2, 0) is 4.79 Å². The number of halogens is 1. The van der Waals surface area contributed by atoms with Crippen LogP contribution in [0.5, 0.6) is 0 Å². The summed E-state index contributed by atoms with van der Waals surface area (Å²) in [6, 6.07) is -1.13. The van der Waals surface area contributed by atoms with Gasteiger partial charge >= 0.3 is 5.97 Å². The molecule has 1 unspecified atom stereocenters. The number of carbonyl (C=O) groups is 1. The van der Waals surface area contributed by atoms with Crippen LogP contribution in [0.25, 0.3) is 0 Å². The lowest BCUT2D eigenvalue weighted by atomic mass is 10.3. The molecule has 50 valence electrons. The molecule has 5 heteroatoms. The number of rotatable bonds is 2. The van der Waals surface area contributed by atoms with E-state index in [0.29, 0.717) is 0 Å². The predicted molar refractivity (Wildman–Crippen MR) is 29.9 cm³/mol. The molecule has 0 saturated heterocycles. The van der Waals surface area contributed by atoms with Crippen molar-refractivity contribution in [1.82, 2.24) is 0 Å². The van der Waals surface area contributed by atoms with E-state index in [1.165, 1.54) is 0 Å². The van der Waals surface area contributed by atoms with Gasteiger partial charge in [0.25, 0.3) is 0 Å². The first-order chi connectivity index (χ1) is 3.18. The summed E-state index contributed by atoms with van der Waals surface area (Å²) in [6.45, 7) is -0.505. The molecule has 4 nitrogen and oxygen atoms in total. The van der Waals surface area contributed by atoms with Crippen LogP contribution in [0.4, 0.5) is 0 Å². The fourth-order valence-corrected chi connectivity index (χ4v) is 0.0781. The Morgan fingerprint density at radius 1 is 1.75 bits per heavy atom. The fraction of sp³-hybridized carbons (Fsp3) is 0.667. The number of carboxylic acid groups (broad SMARTS) is 1. The third-order valence-corrected chi connectivity index (χ3v) is 0.514. The van der Waals surface area contributed by atoms with Crippen LogP contribution in [0.3, 0.4) is 0 Å². The Hall–Kier alpha value is -0.320. The molecule has 0 bridgehead atoms. The molecule has 0 radical (unpaired) electrons. The Balaban J connectivity index is 0. The highest BCUT2D eigenvalue weighted by atomic mass is 35.5. The largest absolute Gasteiger partial charge is 0.480 e. The van der Waals surface area contributed by atoms with Crippen LogP contribution >= 0.6 is 12.4 Å². The summed E-state index contributed by atoms with van der Waals surface area (Å²) in [7, 11) is 0. The van der Waals surface area contributed by atoms with Gasteiger partial charge in [-0.25, -0.2) is 0 Å². The maximum atomic E-state index is 9.65. The quantitative estimate of drug-likeness (QED) is 0.452. The van der Waals surface area contributed by atoms with Gasteiger partial charge < -0.3 is 15.9 Å². The standard InChI is InChI=1S/C3H7NO3.ClH/c4-2(1-5)3(6)7;/h2,5H,1,4H2,(H,6,7);1H. The first-order valence-electron chi connectivity index (χ1n) is 1.77. The van der Waals surface area contributed by atoms with Gasteiger partial charge in [-0.1, -0.05) is 0 Å². The van der Waals surface area contributed by atoms with Gasteiger partial charge in [-0.2, -0.15) is 0 Å². The number of nitrogens with two attached hydrogens (primary N) is 1. The summed E-state index contributed by atoms with van der Waals surface area (Å²) in [6.07, 6.45) is 0. The molecule has 8 heavy (non-hydrogen) atoms. The highest BCUT2D eigenvalue weighted by Gasteiger charge is 2.06. The average Bonchev–Trinajstić information content (AvgIpc) is 1.65. The summed E-state index contributed by atoms with van der Waals surface area (Å²) in [4.78, 5) is 9.65. The molecule has 0 fully saturated rings. The molecule has 1 atom stereocenters. The Kier molecular flexibility index (Phi) is 6.41. The normalized spacial score (nSPS) is 11.8. The molecular formula is C3H8ClNO3. The maximum Gasteiger partial charge on any atom is 0.322 e. The highest BCUT2D eigenvalue weighted by molar-refractivity contribution is 5.85. The minimum atomic E-state index is -1.18. The van der Waals surface area contributed by atoms with Gasteiger partial charge in [0, 0.05) is 0 Å². The van der Waals surface area contributed by atoms with E-state index < -0.39 is 18.6 Å². The number of aliphatic carboxylic acids is 1. The molecule has 0 aromatic carbocycles. The first kappa shape index (κ1) is 10.6. The van der Waals surface area contributed by atoms with Gasteiger partial charge in [0.2, 0.25) is 0 Å². The summed E-state index contributed by atoms with van der Waals surface area (Å²) >= 11 is 0. The van der Waals surface area contributed by atoms with E-state index in [9.17, 15) is 4.79 Å². The second-order valence-corrected chi connectivity index (χ2v) is 1.13. The lowest BCUT2D eigenvalue weighted by Crippen LogP contribution is -2.33. The van der Waals surface area contributed by atoms with E-state index in [1.54, 1.807) is 0 Å². The van der Waals surface area contributed by atoms with Crippen molar-refractivity contribution in [1.29, 1.82) is 0 Å². The first-order valence-corrected chi connectivity index (χ1v) is 1.77. The van der Waals surface area contributed by atoms with Gasteiger partial charge in [0.1, 0.15) is 6.04 Å². The third-order valence-electron chi connectivity index (χ3n) is 0.514. The van der Waals surface area contributed by atoms with E-state index in [1.807, 2.05) is 0 Å². The van der Waals surface area contributed by atoms with Gasteiger partial charge in [-0.3, -0.25) is 4.79 Å². The summed E-state index contributed by atoms with van der Waals surface area (Å²) < 4.78 is 0. The minimum absolute atomic E-state index is 0. The topological polar surface area (TPSA) is 83.5 Å². The van der Waals surface area contributed by atoms with Crippen molar-refractivity contribution in [3.8, 4) is 0 Å². The predicted octanol–water partition coefficient (Wildman–Crippen LogP) is -1.19. The zero-order chi connectivity index (χ0) is 5.86. The van der Waals surface area contributed by atoms with Crippen molar-refractivity contribution >= 4 is 18.4 Å². The number of aliphatic hydroxyl groups excluding tert-OH is 1. The molecule has 0 spiro atoms. The molecule has 0 amide bonds. The number of hydrogen-bond donors (Lipinski definition) is 3. The number of hydrogen-bond acceptors (Lipinski definition) is 3. The molecule has 4 N–H and O–H groups in total. The van der Waals surface area contributed by atoms with E-state index in [2.05, 4.69) is 0 Å². The van der Waals surface area contributed by atoms with Crippen LogP contribution < -0.4 is 5.73 Å². The number of carboxylic acids is 1. The Morgan fingerprint density at radius 2 is 2.12 bits per heavy atom. The molecule has 0 aromatic rings. The molecular weight excluding hydrogens is 133 g/mol. The minimum Gasteiger partial charge on any atom is -0.480 e. The maximum absolute atomic E-state index is 9.65. The third kappa shape index (κ3) is 3.86. The molecule has 0 aromatic heterocycles. The van der Waals surface area contributed by atoms with E-state index in [0.717, 1.165) is 0 Å². The SMILES string of the molecule is Cl.NC(CO)C(=O)O. The van der Waals surface area contributed by atoms with Gasteiger partial charge in [0.15, 0.2) is 0 Å². The van der Waals surface area contributed by atoms with Crippen LogP contribution in [0.15, 0.2) is 0 Å². The van der Waals surface area contributed by atoms with Crippen molar-refractivity contribution in [2.24, 2.45) is 5.73 Å². The second kappa shape index (κ2) is 4.83. The summed E-state index contributed by atoms with van der Waals surface area (Å²) in [5.41, 5.74) is 4.77. The Labute approximate surface area is 52.7 Å². The van der Waals surface area contributed by atoms with Gasteiger partial charge in [-0.15, -0.1) is 12.4 Å². The monoisotopic (exact) mass is 141 g/mol. The molecule has 0 rings (SSSR count). The molecule has 0 aliphatic carbocycles. The van der Waals surface area contributed by atoms with Crippen LogP contribution in [0.1, 0.15) is 0 Å². The van der Waals surface area contributed by atoms with Gasteiger partial charge in [0.05, 0.1) is 6.61 Å². The van der Waals surface area contributed by atoms with Crippen molar-refractivity contribution in [3.63, 3.8) is 0 Å². The van der Waals surface area contributed by atoms with Crippen LogP contribution in [0, 0.1) is 0 Å². The van der Waals surface area contributed by atoms with Crippen molar-refractivity contribution in [3.05, 3.63) is 0 Å². The summed E-state index contributed by atoms with van der Waals surface area (Å²) in [5, 5.41) is 15.9. The summed E-state index contributed by atoms with van der Waals surface area (Å²) in [5.74, 6) is -1.18. The van der Waals surface area contributed by atoms with Crippen molar-refractivity contribution < 1.29 is 15.0 Å². The lowest BCUT2D eigenvalue weighted by molar-refractivity contribution is -0.139. The molecule has 0 aliphatic heterocycles. The Morgan fingerprint density at radius 3 is 2.12 bits per heavy atom. The van der Waals surface area contributed by atoms with Crippen molar-refractivity contribution in [2.45, 2.75) is 6.04 Å². The van der Waals surface area contributed by atoms with Crippen LogP contribution in [0.2, 0.25) is 0 Å². The van der Waals surface area contributed by atoms with E-state index in [-0.39, 0.29) is 12.4 Å². The zero-order valence-corrected chi connectivity index (χ0v) is 4.89. The highest BCUT2D eigenvalue weighted by Crippen LogP contribution is 1.71. The smallest absolute Gasteiger partial charge is 0.322 e. The van der Waals surface area contributed by atoms with Crippen LogP contribution in [-0.4, -0.2) is 28.8 Å². The van der Waals surface area contributed by atoms with E-state index >= 15 is 0 Å². The second-order valence-electron chi connectivity index (χ2n) is 1.13. The molecule has 0 heterocycles. The van der Waals surface area contributed by atoms with Gasteiger partial charge in [-0.05, 0) is 0 Å². The fourth-order valence-electron chi connectivity index (χ4n) is 0.0781. The average molecular weight is 142 g/mol. The van der Waals surface area contributed by atoms with Crippen molar-refractivity contribution in [2.75, 3.05) is 6.61 Å². The van der Waals surface area contributed by atoms with E-state index in [4.69, 9.17) is 15.9 Å². The zero-order valence-electron chi connectivity index (χ0n) is 4.07. The lowest BCUT2D eigenvalue weighted by Gasteiger charge is -1.96. The molecule has 0 aliphatic rings.